The van der Waals surface area contributed by atoms with Crippen molar-refractivity contribution >= 4 is 29.1 Å². The second kappa shape index (κ2) is 11.3. The maximum absolute atomic E-state index is 12.0. The molecule has 3 aromatic rings. The lowest BCUT2D eigenvalue weighted by molar-refractivity contribution is -0.128. The Labute approximate surface area is 186 Å². The van der Waals surface area contributed by atoms with Crippen molar-refractivity contribution in [2.24, 2.45) is 0 Å². The molecule has 0 aliphatic heterocycles. The van der Waals surface area contributed by atoms with E-state index in [1.165, 1.54) is 15.9 Å². The van der Waals surface area contributed by atoms with Crippen molar-refractivity contribution in [1.82, 2.24) is 4.90 Å². The topological polar surface area (TPSA) is 20.3 Å². The van der Waals surface area contributed by atoms with E-state index in [1.54, 1.807) is 4.90 Å². The summed E-state index contributed by atoms with van der Waals surface area (Å²) in [5.74, 6) is 0.211. The Morgan fingerprint density at radius 1 is 0.690 bits per heavy atom. The van der Waals surface area contributed by atoms with Gasteiger partial charge in [-0.05, 0) is 49.2 Å². The van der Waals surface area contributed by atoms with E-state index in [2.05, 4.69) is 91.0 Å². The van der Waals surface area contributed by atoms with Gasteiger partial charge in [0.15, 0.2) is 0 Å². The van der Waals surface area contributed by atoms with Crippen LogP contribution in [-0.4, -0.2) is 31.1 Å². The Bertz CT molecular complexity index is 772. The Balaban J connectivity index is 0.00000300. The van der Waals surface area contributed by atoms with Gasteiger partial charge in [-0.2, -0.15) is 0 Å². The molecule has 3 aromatic carbocycles. The highest BCUT2D eigenvalue weighted by Gasteiger charge is 2.44. The molecule has 0 fully saturated rings. The first-order valence-corrected chi connectivity index (χ1v) is 11.9. The van der Waals surface area contributed by atoms with Crippen molar-refractivity contribution in [3.63, 3.8) is 0 Å². The SMILES string of the molecule is CN(C)C(=O)CCCC[P+](c1ccccc1)(c1ccccc1)c1ccccc1.[Br-]. The van der Waals surface area contributed by atoms with E-state index in [0.29, 0.717) is 6.42 Å². The van der Waals surface area contributed by atoms with E-state index < -0.39 is 7.26 Å². The summed E-state index contributed by atoms with van der Waals surface area (Å²) in [5, 5.41) is 4.23. The maximum atomic E-state index is 12.0. The minimum atomic E-state index is -1.76. The molecule has 0 saturated carbocycles. The summed E-state index contributed by atoms with van der Waals surface area (Å²) in [4.78, 5) is 13.7. The van der Waals surface area contributed by atoms with Gasteiger partial charge in [0.25, 0.3) is 0 Å². The molecule has 0 aliphatic rings. The zero-order valence-electron chi connectivity index (χ0n) is 17.2. The first-order chi connectivity index (χ1) is 13.6. The molecule has 0 bridgehead atoms. The van der Waals surface area contributed by atoms with Crippen LogP contribution in [0.3, 0.4) is 0 Å². The van der Waals surface area contributed by atoms with Gasteiger partial charge in [-0.1, -0.05) is 54.6 Å². The third-order valence-corrected chi connectivity index (χ3v) is 9.75. The van der Waals surface area contributed by atoms with E-state index >= 15 is 0 Å². The summed E-state index contributed by atoms with van der Waals surface area (Å²) < 4.78 is 0. The molecule has 0 spiro atoms. The summed E-state index contributed by atoms with van der Waals surface area (Å²) in [5.41, 5.74) is 0. The zero-order chi connectivity index (χ0) is 19.8. The second-order valence-electron chi connectivity index (χ2n) is 7.29. The van der Waals surface area contributed by atoms with Crippen LogP contribution in [0, 0.1) is 0 Å². The minimum Gasteiger partial charge on any atom is -1.00 e. The van der Waals surface area contributed by atoms with Gasteiger partial charge in [0.05, 0.1) is 6.16 Å². The second-order valence-corrected chi connectivity index (χ2v) is 10.9. The van der Waals surface area contributed by atoms with Crippen LogP contribution < -0.4 is 32.9 Å². The minimum absolute atomic E-state index is 0. The van der Waals surface area contributed by atoms with Crippen LogP contribution in [0.25, 0.3) is 0 Å². The van der Waals surface area contributed by atoms with Crippen molar-refractivity contribution in [3.05, 3.63) is 91.0 Å². The van der Waals surface area contributed by atoms with Crippen molar-refractivity contribution in [3.8, 4) is 0 Å². The van der Waals surface area contributed by atoms with Crippen LogP contribution in [-0.2, 0) is 4.79 Å². The van der Waals surface area contributed by atoms with Gasteiger partial charge in [0.2, 0.25) is 5.91 Å². The number of carbonyl (C=O) groups excluding carboxylic acids is 1. The van der Waals surface area contributed by atoms with E-state index in [1.807, 2.05) is 14.1 Å². The number of unbranched alkanes of at least 4 members (excludes halogenated alkanes) is 1. The number of carbonyl (C=O) groups is 1. The predicted molar refractivity (Wildman–Crippen MR) is 123 cm³/mol. The fourth-order valence-electron chi connectivity index (χ4n) is 3.73. The highest BCUT2D eigenvalue weighted by molar-refractivity contribution is 7.95. The molecule has 3 rings (SSSR count). The molecule has 0 aliphatic carbocycles. The predicted octanol–water partition coefficient (Wildman–Crippen LogP) is 1.24. The van der Waals surface area contributed by atoms with Crippen LogP contribution in [0.4, 0.5) is 0 Å². The summed E-state index contributed by atoms with van der Waals surface area (Å²) in [7, 11) is 1.90. The summed E-state index contributed by atoms with van der Waals surface area (Å²) in [6.07, 6.45) is 3.65. The number of halogens is 1. The summed E-state index contributed by atoms with van der Waals surface area (Å²) in [6, 6.07) is 32.8. The molecule has 0 aromatic heterocycles. The Hall–Kier alpha value is -1.96. The Morgan fingerprint density at radius 3 is 1.41 bits per heavy atom. The van der Waals surface area contributed by atoms with Gasteiger partial charge in [0.1, 0.15) is 23.2 Å². The van der Waals surface area contributed by atoms with Crippen molar-refractivity contribution < 1.29 is 21.8 Å². The van der Waals surface area contributed by atoms with Crippen LogP contribution in [0.1, 0.15) is 19.3 Å². The lowest BCUT2D eigenvalue weighted by Crippen LogP contribution is -3.00. The number of hydrogen-bond acceptors (Lipinski definition) is 1. The average Bonchev–Trinajstić information content (AvgIpc) is 2.75. The largest absolute Gasteiger partial charge is 1.00 e. The number of benzene rings is 3. The third-order valence-electron chi connectivity index (χ3n) is 5.22. The molecule has 1 amide bonds. The van der Waals surface area contributed by atoms with Gasteiger partial charge in [-0.3, -0.25) is 4.79 Å². The fourth-order valence-corrected chi connectivity index (χ4v) is 8.14. The summed E-state index contributed by atoms with van der Waals surface area (Å²) in [6.45, 7) is 0. The number of nitrogens with zero attached hydrogens (tertiary/aromatic N) is 1. The van der Waals surface area contributed by atoms with Crippen LogP contribution >= 0.6 is 7.26 Å². The molecule has 0 atom stereocenters. The molecule has 29 heavy (non-hydrogen) atoms. The van der Waals surface area contributed by atoms with Crippen molar-refractivity contribution in [2.75, 3.05) is 20.3 Å². The maximum Gasteiger partial charge on any atom is 0.222 e. The molecular weight excluding hydrogens is 441 g/mol. The molecule has 2 nitrogen and oxygen atoms in total. The lowest BCUT2D eigenvalue weighted by atomic mass is 10.2. The Kier molecular flexibility index (Phi) is 9.07. The van der Waals surface area contributed by atoms with E-state index in [0.717, 1.165) is 19.0 Å². The first-order valence-electron chi connectivity index (χ1n) is 9.89. The first kappa shape index (κ1) is 23.3. The molecule has 152 valence electrons. The van der Waals surface area contributed by atoms with Crippen LogP contribution in [0.2, 0.25) is 0 Å². The molecule has 0 heterocycles. The average molecular weight is 470 g/mol. The van der Waals surface area contributed by atoms with Crippen molar-refractivity contribution in [2.45, 2.75) is 19.3 Å². The van der Waals surface area contributed by atoms with Crippen LogP contribution in [0.15, 0.2) is 91.0 Å². The number of rotatable bonds is 8. The third kappa shape index (κ3) is 5.56. The lowest BCUT2D eigenvalue weighted by Gasteiger charge is -2.27. The smallest absolute Gasteiger partial charge is 0.222 e. The number of amides is 1. The molecule has 0 unspecified atom stereocenters. The standard InChI is InChI=1S/C25H29NOP.BrH/c1-26(2)25(27)20-12-13-21-28(22-14-6-3-7-15-22,23-16-8-4-9-17-23)24-18-10-5-11-19-24;/h3-11,14-19H,12-13,20-21H2,1-2H3;1H/q+1;/p-1. The zero-order valence-corrected chi connectivity index (χ0v) is 19.6. The number of hydrogen-bond donors (Lipinski definition) is 0. The highest BCUT2D eigenvalue weighted by atomic mass is 79.9. The molecule has 4 heteroatoms. The van der Waals surface area contributed by atoms with Gasteiger partial charge in [0, 0.05) is 20.5 Å². The monoisotopic (exact) mass is 469 g/mol. The van der Waals surface area contributed by atoms with Gasteiger partial charge in [-0.15, -0.1) is 0 Å². The summed E-state index contributed by atoms with van der Waals surface area (Å²) >= 11 is 0. The van der Waals surface area contributed by atoms with Crippen molar-refractivity contribution in [1.29, 1.82) is 0 Å². The molecule has 0 radical (unpaired) electrons. The van der Waals surface area contributed by atoms with Gasteiger partial charge in [-0.25, -0.2) is 0 Å². The molecule has 0 saturated heterocycles. The fraction of sp³-hybridized carbons (Fsp3) is 0.240. The molecule has 0 N–H and O–H groups in total. The highest BCUT2D eigenvalue weighted by Crippen LogP contribution is 2.55. The normalized spacial score (nSPS) is 10.8. The van der Waals surface area contributed by atoms with Gasteiger partial charge >= 0.3 is 0 Å². The Morgan fingerprint density at radius 2 is 1.07 bits per heavy atom. The molecular formula is C25H29BrNOP. The van der Waals surface area contributed by atoms with Gasteiger partial charge < -0.3 is 21.9 Å². The van der Waals surface area contributed by atoms with E-state index in [-0.39, 0.29) is 22.9 Å². The quantitative estimate of drug-likeness (QED) is 0.359. The van der Waals surface area contributed by atoms with E-state index in [4.69, 9.17) is 0 Å². The van der Waals surface area contributed by atoms with E-state index in [9.17, 15) is 4.79 Å². The van der Waals surface area contributed by atoms with Crippen LogP contribution in [0.5, 0.6) is 0 Å².